The van der Waals surface area contributed by atoms with Crippen molar-refractivity contribution >= 4 is 29.1 Å². The van der Waals surface area contributed by atoms with Gasteiger partial charge in [0.2, 0.25) is 0 Å². The van der Waals surface area contributed by atoms with E-state index >= 15 is 0 Å². The van der Waals surface area contributed by atoms with Gasteiger partial charge in [0.25, 0.3) is 0 Å². The minimum Gasteiger partial charge on any atom is -0.478 e. The molecule has 0 aliphatic rings. The van der Waals surface area contributed by atoms with Gasteiger partial charge in [-0.1, -0.05) is 17.8 Å². The fourth-order valence-electron chi connectivity index (χ4n) is 1.33. The van der Waals surface area contributed by atoms with Crippen molar-refractivity contribution in [2.45, 2.75) is 15.3 Å². The minimum absolute atomic E-state index is 0.138. The van der Waals surface area contributed by atoms with Crippen LogP contribution in [0.5, 0.6) is 0 Å². The third-order valence-corrected chi connectivity index (χ3v) is 4.27. The maximum absolute atomic E-state index is 12.5. The van der Waals surface area contributed by atoms with Gasteiger partial charge in [-0.2, -0.15) is 13.2 Å². The maximum Gasteiger partial charge on any atom is 0.416 e. The van der Waals surface area contributed by atoms with Gasteiger partial charge in [0.05, 0.1) is 15.3 Å². The number of benzene rings is 1. The van der Waals surface area contributed by atoms with Crippen LogP contribution in [0.4, 0.5) is 13.2 Å². The van der Waals surface area contributed by atoms with E-state index < -0.39 is 17.7 Å². The molecule has 0 fully saturated rings. The van der Waals surface area contributed by atoms with Crippen molar-refractivity contribution < 1.29 is 23.1 Å². The van der Waals surface area contributed by atoms with E-state index in [1.807, 2.05) is 0 Å². The zero-order valence-corrected chi connectivity index (χ0v) is 10.9. The van der Waals surface area contributed by atoms with Crippen molar-refractivity contribution in [2.75, 3.05) is 0 Å². The highest BCUT2D eigenvalue weighted by molar-refractivity contribution is 8.01. The van der Waals surface area contributed by atoms with Crippen LogP contribution in [-0.2, 0) is 6.18 Å². The lowest BCUT2D eigenvalue weighted by Gasteiger charge is -2.07. The number of alkyl halides is 3. The van der Waals surface area contributed by atoms with E-state index in [4.69, 9.17) is 5.11 Å². The van der Waals surface area contributed by atoms with E-state index in [9.17, 15) is 18.0 Å². The molecular weight excluding hydrogens is 297 g/mol. The molecule has 0 aliphatic carbocycles. The lowest BCUT2D eigenvalue weighted by molar-refractivity contribution is -0.137. The topological polar surface area (TPSA) is 37.3 Å². The molecule has 1 heterocycles. The average molecular weight is 304 g/mol. The Kier molecular flexibility index (Phi) is 3.86. The highest BCUT2D eigenvalue weighted by atomic mass is 32.2. The molecule has 100 valence electrons. The van der Waals surface area contributed by atoms with E-state index in [1.54, 1.807) is 6.07 Å². The third kappa shape index (κ3) is 3.51. The summed E-state index contributed by atoms with van der Waals surface area (Å²) < 4.78 is 38.2. The minimum atomic E-state index is -4.38. The summed E-state index contributed by atoms with van der Waals surface area (Å²) in [7, 11) is 0. The number of rotatable bonds is 3. The first-order valence-corrected chi connectivity index (χ1v) is 6.73. The van der Waals surface area contributed by atoms with Gasteiger partial charge in [0.15, 0.2) is 0 Å². The summed E-state index contributed by atoms with van der Waals surface area (Å²) in [6.07, 6.45) is -4.38. The fourth-order valence-corrected chi connectivity index (χ4v) is 3.32. The molecule has 7 heteroatoms. The number of aromatic carboxylic acids is 1. The van der Waals surface area contributed by atoms with Crippen LogP contribution in [0.25, 0.3) is 0 Å². The molecule has 0 amide bonds. The molecule has 1 N–H and O–H groups in total. The van der Waals surface area contributed by atoms with E-state index in [0.29, 0.717) is 9.10 Å². The van der Waals surface area contributed by atoms with Crippen LogP contribution in [0.2, 0.25) is 0 Å². The molecule has 19 heavy (non-hydrogen) atoms. The van der Waals surface area contributed by atoms with Crippen molar-refractivity contribution in [3.8, 4) is 0 Å². The Hall–Kier alpha value is -1.47. The Labute approximate surface area is 114 Å². The van der Waals surface area contributed by atoms with Crippen LogP contribution in [0.15, 0.2) is 44.8 Å². The quantitative estimate of drug-likeness (QED) is 0.899. The summed E-state index contributed by atoms with van der Waals surface area (Å²) in [5.41, 5.74) is -0.577. The van der Waals surface area contributed by atoms with Crippen LogP contribution in [-0.4, -0.2) is 11.1 Å². The summed E-state index contributed by atoms with van der Waals surface area (Å²) >= 11 is 2.30. The first kappa shape index (κ1) is 14.0. The molecule has 2 rings (SSSR count). The Bertz CT molecular complexity index is 605. The second-order valence-electron chi connectivity index (χ2n) is 3.59. The highest BCUT2D eigenvalue weighted by Crippen LogP contribution is 2.36. The van der Waals surface area contributed by atoms with E-state index in [0.717, 1.165) is 23.9 Å². The second-order valence-corrected chi connectivity index (χ2v) is 5.87. The Morgan fingerprint density at radius 1 is 1.26 bits per heavy atom. The standard InChI is InChI=1S/C12H7F3O2S2/c13-12(14,15)8-2-1-3-9(5-8)19-10-4-7(6-18-10)11(16)17/h1-6H,(H,16,17). The largest absolute Gasteiger partial charge is 0.478 e. The summed E-state index contributed by atoms with van der Waals surface area (Å²) in [5.74, 6) is -1.05. The van der Waals surface area contributed by atoms with E-state index in [2.05, 4.69) is 0 Å². The Morgan fingerprint density at radius 2 is 2.00 bits per heavy atom. The average Bonchev–Trinajstić information content (AvgIpc) is 2.77. The number of hydrogen-bond donors (Lipinski definition) is 1. The van der Waals surface area contributed by atoms with Gasteiger partial charge in [-0.15, -0.1) is 11.3 Å². The third-order valence-electron chi connectivity index (χ3n) is 2.20. The molecule has 0 radical (unpaired) electrons. The summed E-state index contributed by atoms with van der Waals surface area (Å²) in [6, 6.07) is 6.38. The maximum atomic E-state index is 12.5. The van der Waals surface area contributed by atoms with Gasteiger partial charge in [-0.05, 0) is 24.3 Å². The monoisotopic (exact) mass is 304 g/mol. The first-order valence-electron chi connectivity index (χ1n) is 5.03. The van der Waals surface area contributed by atoms with Gasteiger partial charge < -0.3 is 5.11 Å². The molecule has 0 spiro atoms. The lowest BCUT2D eigenvalue weighted by Crippen LogP contribution is -2.04. The highest BCUT2D eigenvalue weighted by Gasteiger charge is 2.30. The van der Waals surface area contributed by atoms with Crippen LogP contribution < -0.4 is 0 Å². The lowest BCUT2D eigenvalue weighted by atomic mass is 10.2. The fraction of sp³-hybridized carbons (Fsp3) is 0.0833. The van der Waals surface area contributed by atoms with Gasteiger partial charge in [0.1, 0.15) is 0 Å². The molecule has 0 bridgehead atoms. The first-order chi connectivity index (χ1) is 8.86. The number of halogens is 3. The van der Waals surface area contributed by atoms with Crippen molar-refractivity contribution in [2.24, 2.45) is 0 Å². The predicted molar refractivity (Wildman–Crippen MR) is 66.8 cm³/mol. The molecule has 0 aliphatic heterocycles. The number of thiophene rings is 1. The summed E-state index contributed by atoms with van der Waals surface area (Å²) in [6.45, 7) is 0. The van der Waals surface area contributed by atoms with Crippen LogP contribution in [0, 0.1) is 0 Å². The molecular formula is C12H7F3O2S2. The Morgan fingerprint density at radius 3 is 2.58 bits per heavy atom. The van der Waals surface area contributed by atoms with Crippen molar-refractivity contribution in [3.63, 3.8) is 0 Å². The normalized spacial score (nSPS) is 11.5. The van der Waals surface area contributed by atoms with Crippen LogP contribution in [0.3, 0.4) is 0 Å². The SMILES string of the molecule is O=C(O)c1csc(Sc2cccc(C(F)(F)F)c2)c1. The summed E-state index contributed by atoms with van der Waals surface area (Å²) in [5, 5.41) is 10.2. The van der Waals surface area contributed by atoms with Crippen LogP contribution >= 0.6 is 23.1 Å². The molecule has 0 saturated heterocycles. The summed E-state index contributed by atoms with van der Waals surface area (Å²) in [4.78, 5) is 11.1. The van der Waals surface area contributed by atoms with Crippen molar-refractivity contribution in [3.05, 3.63) is 46.8 Å². The zero-order chi connectivity index (χ0) is 14.0. The number of carboxylic acids is 1. The van der Waals surface area contributed by atoms with Gasteiger partial charge >= 0.3 is 12.1 Å². The molecule has 1 aromatic carbocycles. The molecule has 0 atom stereocenters. The predicted octanol–water partition coefficient (Wildman–Crippen LogP) is 4.62. The van der Waals surface area contributed by atoms with Crippen molar-refractivity contribution in [1.29, 1.82) is 0 Å². The molecule has 0 unspecified atom stereocenters. The molecule has 1 aromatic heterocycles. The molecule has 0 saturated carbocycles. The molecule has 2 nitrogen and oxygen atoms in total. The zero-order valence-electron chi connectivity index (χ0n) is 9.27. The van der Waals surface area contributed by atoms with Gasteiger partial charge in [-0.3, -0.25) is 0 Å². The number of hydrogen-bond acceptors (Lipinski definition) is 3. The van der Waals surface area contributed by atoms with Gasteiger partial charge in [-0.25, -0.2) is 4.79 Å². The van der Waals surface area contributed by atoms with Crippen LogP contribution in [0.1, 0.15) is 15.9 Å². The Balaban J connectivity index is 2.21. The van der Waals surface area contributed by atoms with E-state index in [-0.39, 0.29) is 5.56 Å². The molecule has 2 aromatic rings. The second kappa shape index (κ2) is 5.26. The van der Waals surface area contributed by atoms with Gasteiger partial charge in [0, 0.05) is 10.3 Å². The number of carboxylic acid groups (broad SMARTS) is 1. The number of carbonyl (C=O) groups is 1. The van der Waals surface area contributed by atoms with Crippen molar-refractivity contribution in [1.82, 2.24) is 0 Å². The smallest absolute Gasteiger partial charge is 0.416 e. The van der Waals surface area contributed by atoms with E-state index in [1.165, 1.54) is 28.8 Å².